The number of hydrogen-bond acceptors (Lipinski definition) is 3. The Morgan fingerprint density at radius 3 is 2.57 bits per heavy atom. The van der Waals surface area contributed by atoms with Gasteiger partial charge in [-0.3, -0.25) is 0 Å². The first-order valence-corrected chi connectivity index (χ1v) is 7.70. The summed E-state index contributed by atoms with van der Waals surface area (Å²) < 4.78 is 5.56. The number of nitrogens with zero attached hydrogens (tertiary/aromatic N) is 1. The van der Waals surface area contributed by atoms with Crippen LogP contribution in [0.15, 0.2) is 36.5 Å². The molecule has 4 rings (SSSR count). The molecule has 2 heterocycles. The van der Waals surface area contributed by atoms with E-state index in [0.29, 0.717) is 0 Å². The molecule has 0 amide bonds. The van der Waals surface area contributed by atoms with Crippen molar-refractivity contribution in [2.45, 2.75) is 37.7 Å². The second-order valence-corrected chi connectivity index (χ2v) is 6.10. The highest BCUT2D eigenvalue weighted by atomic mass is 16.5. The number of pyridine rings is 1. The molecule has 1 aliphatic heterocycles. The second kappa shape index (κ2) is 4.85. The lowest BCUT2D eigenvalue weighted by molar-refractivity contribution is -0.0387. The fourth-order valence-electron chi connectivity index (χ4n) is 3.17. The quantitative estimate of drug-likeness (QED) is 0.917. The van der Waals surface area contributed by atoms with Gasteiger partial charge in [-0.1, -0.05) is 24.3 Å². The monoisotopic (exact) mass is 281 g/mol. The molecule has 0 unspecified atom stereocenters. The van der Waals surface area contributed by atoms with Gasteiger partial charge in [0, 0.05) is 17.3 Å². The molecule has 3 heteroatoms. The average Bonchev–Trinajstić information content (AvgIpc) is 2.52. The Hall–Kier alpha value is -1.87. The molecule has 0 saturated heterocycles. The third-order valence-electron chi connectivity index (χ3n) is 4.69. The number of aliphatic hydroxyl groups is 1. The number of aryl methyl sites for hydroxylation is 1. The third-order valence-corrected chi connectivity index (χ3v) is 4.69. The van der Waals surface area contributed by atoms with Crippen LogP contribution < -0.4 is 4.74 Å². The molecule has 1 aliphatic carbocycles. The number of benzene rings is 1. The van der Waals surface area contributed by atoms with Gasteiger partial charge in [-0.25, -0.2) is 4.98 Å². The van der Waals surface area contributed by atoms with Crippen LogP contribution in [-0.4, -0.2) is 16.7 Å². The van der Waals surface area contributed by atoms with Gasteiger partial charge in [0.25, 0.3) is 0 Å². The second-order valence-electron chi connectivity index (χ2n) is 6.10. The summed E-state index contributed by atoms with van der Waals surface area (Å²) in [4.78, 5) is 4.42. The van der Waals surface area contributed by atoms with Crippen LogP contribution in [0.4, 0.5) is 0 Å². The van der Waals surface area contributed by atoms with Crippen LogP contribution >= 0.6 is 0 Å². The van der Waals surface area contributed by atoms with Gasteiger partial charge in [0.15, 0.2) is 0 Å². The first-order valence-electron chi connectivity index (χ1n) is 7.70. The summed E-state index contributed by atoms with van der Waals surface area (Å²) in [5.74, 6) is 0.783. The van der Waals surface area contributed by atoms with Crippen molar-refractivity contribution < 1.29 is 9.84 Å². The SMILES string of the molecule is OC1(c2ccc(-c3cnc4c(c3)CCCO4)cc2)CCC1. The number of hydrogen-bond donors (Lipinski definition) is 1. The van der Waals surface area contributed by atoms with E-state index in [0.717, 1.165) is 61.3 Å². The standard InChI is InChI=1S/C18H19NO2/c20-18(8-2-9-18)16-6-4-13(5-7-16)15-11-14-3-1-10-21-17(14)19-12-15/h4-7,11-12,20H,1-3,8-10H2. The minimum atomic E-state index is -0.583. The van der Waals surface area contributed by atoms with Crippen molar-refractivity contribution in [2.75, 3.05) is 6.61 Å². The summed E-state index contributed by atoms with van der Waals surface area (Å²) in [6.45, 7) is 0.770. The molecular formula is C18H19NO2. The molecule has 2 aromatic rings. The normalized spacial score (nSPS) is 19.3. The summed E-state index contributed by atoms with van der Waals surface area (Å²) in [7, 11) is 0. The highest BCUT2D eigenvalue weighted by Crippen LogP contribution is 2.41. The van der Waals surface area contributed by atoms with Gasteiger partial charge in [-0.05, 0) is 49.3 Å². The van der Waals surface area contributed by atoms with Crippen LogP contribution in [-0.2, 0) is 12.0 Å². The van der Waals surface area contributed by atoms with E-state index < -0.39 is 5.60 Å². The summed E-state index contributed by atoms with van der Waals surface area (Å²) in [6, 6.07) is 10.4. The Balaban J connectivity index is 1.64. The van der Waals surface area contributed by atoms with Gasteiger partial charge in [0.1, 0.15) is 0 Å². The van der Waals surface area contributed by atoms with Gasteiger partial charge in [0.05, 0.1) is 12.2 Å². The highest BCUT2D eigenvalue weighted by molar-refractivity contribution is 5.64. The number of aromatic nitrogens is 1. The Labute approximate surface area is 124 Å². The summed E-state index contributed by atoms with van der Waals surface area (Å²) in [5.41, 5.74) is 3.90. The Kier molecular flexibility index (Phi) is 2.96. The van der Waals surface area contributed by atoms with Gasteiger partial charge >= 0.3 is 0 Å². The zero-order chi connectivity index (χ0) is 14.3. The third kappa shape index (κ3) is 2.22. The molecule has 21 heavy (non-hydrogen) atoms. The van der Waals surface area contributed by atoms with Crippen LogP contribution in [0.5, 0.6) is 5.88 Å². The first kappa shape index (κ1) is 12.8. The van der Waals surface area contributed by atoms with E-state index in [2.05, 4.69) is 23.2 Å². The van der Waals surface area contributed by atoms with Gasteiger partial charge < -0.3 is 9.84 Å². The molecule has 0 atom stereocenters. The lowest BCUT2D eigenvalue weighted by Crippen LogP contribution is -2.33. The average molecular weight is 281 g/mol. The molecule has 1 aromatic carbocycles. The minimum absolute atomic E-state index is 0.583. The predicted octanol–water partition coefficient (Wildman–Crippen LogP) is 3.45. The summed E-state index contributed by atoms with van der Waals surface area (Å²) in [6.07, 6.45) is 6.84. The van der Waals surface area contributed by atoms with E-state index in [1.807, 2.05) is 18.3 Å². The number of fused-ring (bicyclic) bond motifs is 1. The van der Waals surface area contributed by atoms with Crippen molar-refractivity contribution in [3.8, 4) is 17.0 Å². The number of rotatable bonds is 2. The molecular weight excluding hydrogens is 262 g/mol. The van der Waals surface area contributed by atoms with Crippen LogP contribution in [0.3, 0.4) is 0 Å². The minimum Gasteiger partial charge on any atom is -0.477 e. The van der Waals surface area contributed by atoms with E-state index in [4.69, 9.17) is 4.74 Å². The van der Waals surface area contributed by atoms with Crippen molar-refractivity contribution in [3.05, 3.63) is 47.7 Å². The molecule has 1 saturated carbocycles. The molecule has 2 aliphatic rings. The maximum atomic E-state index is 10.4. The largest absolute Gasteiger partial charge is 0.477 e. The molecule has 1 N–H and O–H groups in total. The maximum absolute atomic E-state index is 10.4. The maximum Gasteiger partial charge on any atom is 0.216 e. The van der Waals surface area contributed by atoms with E-state index in [9.17, 15) is 5.11 Å². The zero-order valence-electron chi connectivity index (χ0n) is 12.0. The Morgan fingerprint density at radius 1 is 1.05 bits per heavy atom. The first-order chi connectivity index (χ1) is 10.2. The van der Waals surface area contributed by atoms with E-state index in [1.54, 1.807) is 0 Å². The molecule has 1 aromatic heterocycles. The molecule has 0 spiro atoms. The summed E-state index contributed by atoms with van der Waals surface area (Å²) >= 11 is 0. The van der Waals surface area contributed by atoms with Gasteiger partial charge in [0.2, 0.25) is 5.88 Å². The van der Waals surface area contributed by atoms with Crippen molar-refractivity contribution in [3.63, 3.8) is 0 Å². The Morgan fingerprint density at radius 2 is 1.86 bits per heavy atom. The van der Waals surface area contributed by atoms with Crippen LogP contribution in [0.1, 0.15) is 36.8 Å². The smallest absolute Gasteiger partial charge is 0.216 e. The van der Waals surface area contributed by atoms with Gasteiger partial charge in [-0.15, -0.1) is 0 Å². The lowest BCUT2D eigenvalue weighted by Gasteiger charge is -2.37. The van der Waals surface area contributed by atoms with Crippen LogP contribution in [0, 0.1) is 0 Å². The molecule has 0 radical (unpaired) electrons. The lowest BCUT2D eigenvalue weighted by atomic mass is 9.75. The summed E-state index contributed by atoms with van der Waals surface area (Å²) in [5, 5.41) is 10.4. The molecule has 1 fully saturated rings. The Bertz CT molecular complexity index is 659. The van der Waals surface area contributed by atoms with Crippen molar-refractivity contribution in [1.82, 2.24) is 4.98 Å². The zero-order valence-corrected chi connectivity index (χ0v) is 12.0. The van der Waals surface area contributed by atoms with Crippen molar-refractivity contribution >= 4 is 0 Å². The van der Waals surface area contributed by atoms with Crippen LogP contribution in [0.25, 0.3) is 11.1 Å². The predicted molar refractivity (Wildman–Crippen MR) is 81.2 cm³/mol. The van der Waals surface area contributed by atoms with Crippen molar-refractivity contribution in [2.24, 2.45) is 0 Å². The molecule has 0 bridgehead atoms. The highest BCUT2D eigenvalue weighted by Gasteiger charge is 2.35. The van der Waals surface area contributed by atoms with Crippen molar-refractivity contribution in [1.29, 1.82) is 0 Å². The fraction of sp³-hybridized carbons (Fsp3) is 0.389. The molecule has 108 valence electrons. The number of ether oxygens (including phenoxy) is 1. The fourth-order valence-corrected chi connectivity index (χ4v) is 3.17. The van der Waals surface area contributed by atoms with E-state index in [1.165, 1.54) is 5.56 Å². The van der Waals surface area contributed by atoms with Crippen LogP contribution in [0.2, 0.25) is 0 Å². The van der Waals surface area contributed by atoms with Gasteiger partial charge in [-0.2, -0.15) is 0 Å². The van der Waals surface area contributed by atoms with E-state index >= 15 is 0 Å². The molecule has 3 nitrogen and oxygen atoms in total. The topological polar surface area (TPSA) is 42.4 Å². The van der Waals surface area contributed by atoms with E-state index in [-0.39, 0.29) is 0 Å².